The van der Waals surface area contributed by atoms with Gasteiger partial charge >= 0.3 is 0 Å². The van der Waals surface area contributed by atoms with Gasteiger partial charge in [0.25, 0.3) is 0 Å². The number of hydrogen-bond acceptors (Lipinski definition) is 0. The van der Waals surface area contributed by atoms with Crippen LogP contribution in [0.25, 0.3) is 38.6 Å². The molecule has 0 radical (unpaired) electrons. The van der Waals surface area contributed by atoms with Crippen molar-refractivity contribution in [2.24, 2.45) is 0 Å². The molecule has 0 spiro atoms. The summed E-state index contributed by atoms with van der Waals surface area (Å²) in [6.45, 7) is 10.4. The minimum atomic E-state index is 0.541. The van der Waals surface area contributed by atoms with Crippen LogP contribution < -0.4 is 0 Å². The van der Waals surface area contributed by atoms with Crippen LogP contribution in [-0.2, 0) is 0 Å². The van der Waals surface area contributed by atoms with Crippen LogP contribution in [0.2, 0.25) is 0 Å². The normalized spacial score (nSPS) is 12.1. The van der Waals surface area contributed by atoms with Gasteiger partial charge in [0.15, 0.2) is 0 Å². The van der Waals surface area contributed by atoms with Crippen LogP contribution in [-0.4, -0.2) is 0 Å². The first-order valence-corrected chi connectivity index (χ1v) is 11.3. The van der Waals surface area contributed by atoms with Gasteiger partial charge in [-0.25, -0.2) is 0 Å². The number of allylic oxidation sites excluding steroid dienone is 5. The molecule has 4 rings (SSSR count). The van der Waals surface area contributed by atoms with E-state index in [9.17, 15) is 0 Å². The predicted octanol–water partition coefficient (Wildman–Crippen LogP) is 9.44. The average molecular weight is 415 g/mol. The van der Waals surface area contributed by atoms with Crippen molar-refractivity contribution in [1.82, 2.24) is 0 Å². The van der Waals surface area contributed by atoms with Gasteiger partial charge in [-0.2, -0.15) is 0 Å². The fourth-order valence-corrected chi connectivity index (χ4v) is 4.16. The van der Waals surface area contributed by atoms with E-state index in [2.05, 4.69) is 124 Å². The molecule has 0 fully saturated rings. The van der Waals surface area contributed by atoms with Gasteiger partial charge in [0.1, 0.15) is 0 Å². The zero-order valence-corrected chi connectivity index (χ0v) is 19.2. The Labute approximate surface area is 192 Å². The fourth-order valence-electron chi connectivity index (χ4n) is 4.16. The Morgan fingerprint density at radius 1 is 0.750 bits per heavy atom. The zero-order chi connectivity index (χ0) is 22.5. The highest BCUT2D eigenvalue weighted by atomic mass is 14.1. The molecular formula is C32H30. The van der Waals surface area contributed by atoms with Gasteiger partial charge < -0.3 is 0 Å². The summed E-state index contributed by atoms with van der Waals surface area (Å²) >= 11 is 0. The maximum Gasteiger partial charge on any atom is -0.0103 e. The van der Waals surface area contributed by atoms with Gasteiger partial charge in [0, 0.05) is 0 Å². The predicted molar refractivity (Wildman–Crippen MR) is 142 cm³/mol. The highest BCUT2D eigenvalue weighted by molar-refractivity contribution is 6.00. The molecule has 4 aromatic rings. The van der Waals surface area contributed by atoms with E-state index in [0.29, 0.717) is 5.92 Å². The quantitative estimate of drug-likeness (QED) is 0.276. The Morgan fingerprint density at radius 2 is 1.41 bits per heavy atom. The second kappa shape index (κ2) is 9.66. The maximum atomic E-state index is 3.84. The van der Waals surface area contributed by atoms with Gasteiger partial charge in [-0.1, -0.05) is 111 Å². The van der Waals surface area contributed by atoms with E-state index < -0.39 is 0 Å². The smallest absolute Gasteiger partial charge is 0.0103 e. The molecule has 0 unspecified atom stereocenters. The molecule has 0 heteroatoms. The Morgan fingerprint density at radius 3 is 2.06 bits per heavy atom. The summed E-state index contributed by atoms with van der Waals surface area (Å²) in [5, 5.41) is 2.51. The van der Waals surface area contributed by atoms with Crippen LogP contribution >= 0.6 is 0 Å². The van der Waals surface area contributed by atoms with Crippen LogP contribution in [0.5, 0.6) is 0 Å². The third kappa shape index (κ3) is 4.50. The van der Waals surface area contributed by atoms with E-state index >= 15 is 0 Å². The number of rotatable bonds is 6. The standard InChI is InChI=1S/C32H30/c1-5-7-11-24(6-2)32-22-29(26-12-9-8-10-13-26)21-30-20-28(18-19-31(30)32)27-16-14-25(15-17-27)23(3)4/h5-23H,1H2,2-4H3/b11-7-,24-6+. The van der Waals surface area contributed by atoms with Crippen molar-refractivity contribution in [2.45, 2.75) is 26.7 Å². The minimum Gasteiger partial charge on any atom is -0.0991 e. The molecule has 0 N–H and O–H groups in total. The van der Waals surface area contributed by atoms with Crippen molar-refractivity contribution in [3.8, 4) is 22.3 Å². The van der Waals surface area contributed by atoms with Crippen LogP contribution in [0.3, 0.4) is 0 Å². The van der Waals surface area contributed by atoms with Crippen LogP contribution in [0.4, 0.5) is 0 Å². The lowest BCUT2D eigenvalue weighted by Crippen LogP contribution is -1.90. The minimum absolute atomic E-state index is 0.541. The summed E-state index contributed by atoms with van der Waals surface area (Å²) in [7, 11) is 0. The molecule has 158 valence electrons. The largest absolute Gasteiger partial charge is 0.0991 e. The van der Waals surface area contributed by atoms with E-state index in [1.807, 2.05) is 12.2 Å². The summed E-state index contributed by atoms with van der Waals surface area (Å²) < 4.78 is 0. The SMILES string of the molecule is C=C/C=C\C(=C/C)c1cc(-c2ccccc2)cc2cc(-c3ccc(C(C)C)cc3)ccc12. The first-order valence-electron chi connectivity index (χ1n) is 11.3. The highest BCUT2D eigenvalue weighted by Crippen LogP contribution is 2.35. The monoisotopic (exact) mass is 414 g/mol. The molecule has 0 nitrogen and oxygen atoms in total. The van der Waals surface area contributed by atoms with Crippen LogP contribution in [0.15, 0.2) is 116 Å². The van der Waals surface area contributed by atoms with Gasteiger partial charge in [-0.05, 0) is 80.8 Å². The first kappa shape index (κ1) is 21.6. The molecule has 0 aliphatic heterocycles. The molecule has 4 aromatic carbocycles. The number of fused-ring (bicyclic) bond motifs is 1. The summed E-state index contributed by atoms with van der Waals surface area (Å²) in [5.74, 6) is 0.541. The Balaban J connectivity index is 1.90. The molecule has 0 aliphatic rings. The molecule has 0 saturated carbocycles. The Kier molecular flexibility index (Phi) is 6.52. The summed E-state index contributed by atoms with van der Waals surface area (Å²) in [4.78, 5) is 0. The lowest BCUT2D eigenvalue weighted by atomic mass is 9.90. The molecule has 0 saturated heterocycles. The van der Waals surface area contributed by atoms with E-state index in [1.54, 1.807) is 0 Å². The number of hydrogen-bond donors (Lipinski definition) is 0. The van der Waals surface area contributed by atoms with E-state index in [1.165, 1.54) is 49.7 Å². The molecule has 0 aliphatic carbocycles. The van der Waals surface area contributed by atoms with Crippen molar-refractivity contribution in [3.63, 3.8) is 0 Å². The van der Waals surface area contributed by atoms with Gasteiger partial charge in [0.2, 0.25) is 0 Å². The first-order chi connectivity index (χ1) is 15.6. The third-order valence-corrected chi connectivity index (χ3v) is 6.00. The third-order valence-electron chi connectivity index (χ3n) is 6.00. The highest BCUT2D eigenvalue weighted by Gasteiger charge is 2.10. The van der Waals surface area contributed by atoms with Gasteiger partial charge in [0.05, 0.1) is 0 Å². The second-order valence-electron chi connectivity index (χ2n) is 8.44. The zero-order valence-electron chi connectivity index (χ0n) is 19.2. The summed E-state index contributed by atoms with van der Waals surface area (Å²) in [6.07, 6.45) is 8.13. The molecule has 0 bridgehead atoms. The molecule has 0 heterocycles. The van der Waals surface area contributed by atoms with Crippen LogP contribution in [0, 0.1) is 0 Å². The van der Waals surface area contributed by atoms with Crippen molar-refractivity contribution in [2.75, 3.05) is 0 Å². The van der Waals surface area contributed by atoms with Crippen molar-refractivity contribution < 1.29 is 0 Å². The van der Waals surface area contributed by atoms with Crippen molar-refractivity contribution in [3.05, 3.63) is 127 Å². The second-order valence-corrected chi connectivity index (χ2v) is 8.44. The van der Waals surface area contributed by atoms with E-state index in [-0.39, 0.29) is 0 Å². The molecule has 0 aromatic heterocycles. The number of benzene rings is 4. The molecule has 0 atom stereocenters. The van der Waals surface area contributed by atoms with Gasteiger partial charge in [-0.15, -0.1) is 0 Å². The maximum absolute atomic E-state index is 3.84. The van der Waals surface area contributed by atoms with E-state index in [0.717, 1.165) is 0 Å². The lowest BCUT2D eigenvalue weighted by molar-refractivity contribution is 0.867. The fraction of sp³-hybridized carbons (Fsp3) is 0.125. The summed E-state index contributed by atoms with van der Waals surface area (Å²) in [6, 6.07) is 31.0. The Hall–Kier alpha value is -3.64. The molecular weight excluding hydrogens is 384 g/mol. The lowest BCUT2D eigenvalue weighted by Gasteiger charge is -2.14. The van der Waals surface area contributed by atoms with Gasteiger partial charge in [-0.3, -0.25) is 0 Å². The topological polar surface area (TPSA) is 0 Å². The van der Waals surface area contributed by atoms with Crippen molar-refractivity contribution >= 4 is 16.3 Å². The van der Waals surface area contributed by atoms with Crippen molar-refractivity contribution in [1.29, 1.82) is 0 Å². The van der Waals surface area contributed by atoms with Crippen LogP contribution in [0.1, 0.15) is 37.8 Å². The Bertz CT molecular complexity index is 1280. The summed E-state index contributed by atoms with van der Waals surface area (Å²) in [5.41, 5.74) is 8.76. The average Bonchev–Trinajstić information content (AvgIpc) is 2.84. The van der Waals surface area contributed by atoms with E-state index in [4.69, 9.17) is 0 Å². The molecule has 0 amide bonds. The molecule has 32 heavy (non-hydrogen) atoms.